The molecule has 0 aliphatic carbocycles. The number of para-hydroxylation sites is 2. The fraction of sp³-hybridized carbons (Fsp3) is 0.143. The molecule has 0 saturated heterocycles. The molecule has 0 aliphatic heterocycles. The maximum atomic E-state index is 12.2. The van der Waals surface area contributed by atoms with Crippen LogP contribution in [0.25, 0.3) is 0 Å². The van der Waals surface area contributed by atoms with E-state index in [1.807, 2.05) is 25.1 Å². The van der Waals surface area contributed by atoms with Gasteiger partial charge in [-0.2, -0.15) is 0 Å². The number of thiocarbonyl (C=S) groups is 1. The van der Waals surface area contributed by atoms with E-state index in [2.05, 4.69) is 21.2 Å². The van der Waals surface area contributed by atoms with Crippen LogP contribution >= 0.6 is 39.5 Å². The predicted octanol–water partition coefficient (Wildman–Crippen LogP) is 3.74. The van der Waals surface area contributed by atoms with Gasteiger partial charge in [0.1, 0.15) is 17.3 Å². The lowest BCUT2D eigenvalue weighted by Gasteiger charge is -2.11. The smallest absolute Gasteiger partial charge is 0.265 e. The third-order valence-corrected chi connectivity index (χ3v) is 4.84. The van der Waals surface area contributed by atoms with Crippen LogP contribution < -0.4 is 15.8 Å². The Kier molecular flexibility index (Phi) is 5.33. The van der Waals surface area contributed by atoms with Crippen molar-refractivity contribution in [3.63, 3.8) is 0 Å². The van der Waals surface area contributed by atoms with Crippen molar-refractivity contribution in [1.29, 1.82) is 0 Å². The van der Waals surface area contributed by atoms with E-state index in [9.17, 15) is 4.79 Å². The SMILES string of the molecule is Cc1cc(C(=O)Nc2ccccc2OCC(N)=S)sc1Br. The number of carbonyl (C=O) groups excluding carboxylic acids is 1. The molecule has 4 nitrogen and oxygen atoms in total. The first-order valence-electron chi connectivity index (χ1n) is 6.05. The summed E-state index contributed by atoms with van der Waals surface area (Å²) < 4.78 is 6.43. The molecule has 0 bridgehead atoms. The second-order valence-corrected chi connectivity index (χ2v) is 7.17. The van der Waals surface area contributed by atoms with Crippen molar-refractivity contribution in [3.05, 3.63) is 44.6 Å². The Labute approximate surface area is 140 Å². The van der Waals surface area contributed by atoms with Gasteiger partial charge < -0.3 is 15.8 Å². The zero-order valence-corrected chi connectivity index (χ0v) is 14.4. The van der Waals surface area contributed by atoms with Gasteiger partial charge in [0, 0.05) is 0 Å². The van der Waals surface area contributed by atoms with Crippen LogP contribution in [-0.4, -0.2) is 17.5 Å². The van der Waals surface area contributed by atoms with Crippen LogP contribution in [0.15, 0.2) is 34.1 Å². The maximum absolute atomic E-state index is 12.2. The van der Waals surface area contributed by atoms with E-state index in [0.29, 0.717) is 16.3 Å². The Morgan fingerprint density at radius 2 is 2.19 bits per heavy atom. The molecule has 1 aromatic heterocycles. The van der Waals surface area contributed by atoms with Crippen molar-refractivity contribution >= 4 is 56.1 Å². The second-order valence-electron chi connectivity index (χ2n) is 4.27. The van der Waals surface area contributed by atoms with E-state index in [-0.39, 0.29) is 17.5 Å². The molecule has 0 radical (unpaired) electrons. The summed E-state index contributed by atoms with van der Waals surface area (Å²) >= 11 is 9.58. The van der Waals surface area contributed by atoms with Crippen molar-refractivity contribution < 1.29 is 9.53 Å². The number of nitrogens with one attached hydrogen (secondary N) is 1. The quantitative estimate of drug-likeness (QED) is 0.770. The molecule has 1 amide bonds. The van der Waals surface area contributed by atoms with Gasteiger partial charge in [-0.25, -0.2) is 0 Å². The van der Waals surface area contributed by atoms with Gasteiger partial charge in [-0.05, 0) is 46.6 Å². The molecule has 0 spiro atoms. The number of aryl methyl sites for hydroxylation is 1. The van der Waals surface area contributed by atoms with Gasteiger partial charge in [-0.15, -0.1) is 11.3 Å². The summed E-state index contributed by atoms with van der Waals surface area (Å²) in [7, 11) is 0. The Morgan fingerprint density at radius 3 is 2.81 bits per heavy atom. The van der Waals surface area contributed by atoms with Gasteiger partial charge in [-0.3, -0.25) is 4.79 Å². The number of hydrogen-bond donors (Lipinski definition) is 2. The third kappa shape index (κ3) is 4.26. The molecule has 7 heteroatoms. The molecule has 3 N–H and O–H groups in total. The molecule has 2 rings (SSSR count). The summed E-state index contributed by atoms with van der Waals surface area (Å²) in [6, 6.07) is 8.99. The van der Waals surface area contributed by atoms with E-state index in [0.717, 1.165) is 9.35 Å². The molecular weight excluding hydrogens is 372 g/mol. The van der Waals surface area contributed by atoms with E-state index in [1.165, 1.54) is 11.3 Å². The van der Waals surface area contributed by atoms with Crippen molar-refractivity contribution in [2.24, 2.45) is 5.73 Å². The van der Waals surface area contributed by atoms with Gasteiger partial charge in [0.25, 0.3) is 5.91 Å². The first kappa shape index (κ1) is 15.9. The van der Waals surface area contributed by atoms with Crippen LogP contribution in [0, 0.1) is 6.92 Å². The maximum Gasteiger partial charge on any atom is 0.265 e. The largest absolute Gasteiger partial charge is 0.484 e. The first-order valence-corrected chi connectivity index (χ1v) is 8.06. The molecule has 2 aromatic rings. The number of rotatable bonds is 5. The lowest BCUT2D eigenvalue weighted by Crippen LogP contribution is -2.19. The Bertz CT molecular complexity index is 666. The number of hydrogen-bond acceptors (Lipinski definition) is 4. The number of anilines is 1. The Balaban J connectivity index is 2.15. The molecule has 1 aromatic carbocycles. The van der Waals surface area contributed by atoms with Crippen LogP contribution in [0.3, 0.4) is 0 Å². The first-order chi connectivity index (χ1) is 9.97. The molecule has 21 heavy (non-hydrogen) atoms. The van der Waals surface area contributed by atoms with Crippen LogP contribution in [0.5, 0.6) is 5.75 Å². The molecule has 110 valence electrons. The summed E-state index contributed by atoms with van der Waals surface area (Å²) in [5.41, 5.74) is 7.03. The number of ether oxygens (including phenoxy) is 1. The highest BCUT2D eigenvalue weighted by Crippen LogP contribution is 2.29. The molecule has 0 fully saturated rings. The van der Waals surface area contributed by atoms with Crippen molar-refractivity contribution in [2.75, 3.05) is 11.9 Å². The number of carbonyl (C=O) groups is 1. The van der Waals surface area contributed by atoms with Crippen LogP contribution in [-0.2, 0) is 0 Å². The van der Waals surface area contributed by atoms with Gasteiger partial charge >= 0.3 is 0 Å². The average molecular weight is 385 g/mol. The van der Waals surface area contributed by atoms with Gasteiger partial charge in [0.2, 0.25) is 0 Å². The van der Waals surface area contributed by atoms with Gasteiger partial charge in [0.15, 0.2) is 0 Å². The highest BCUT2D eigenvalue weighted by atomic mass is 79.9. The van der Waals surface area contributed by atoms with Crippen molar-refractivity contribution in [2.45, 2.75) is 6.92 Å². The summed E-state index contributed by atoms with van der Waals surface area (Å²) in [5.74, 6) is 0.353. The zero-order chi connectivity index (χ0) is 15.4. The topological polar surface area (TPSA) is 64.3 Å². The summed E-state index contributed by atoms with van der Waals surface area (Å²) in [4.78, 5) is 13.1. The summed E-state index contributed by atoms with van der Waals surface area (Å²) in [6.45, 7) is 2.07. The number of benzene rings is 1. The lowest BCUT2D eigenvalue weighted by atomic mass is 10.2. The van der Waals surface area contributed by atoms with E-state index >= 15 is 0 Å². The number of nitrogens with two attached hydrogens (primary N) is 1. The third-order valence-electron chi connectivity index (χ3n) is 2.59. The molecule has 0 unspecified atom stereocenters. The second kappa shape index (κ2) is 7.02. The van der Waals surface area contributed by atoms with Crippen LogP contribution in [0.4, 0.5) is 5.69 Å². The monoisotopic (exact) mass is 384 g/mol. The van der Waals surface area contributed by atoms with Crippen LogP contribution in [0.2, 0.25) is 0 Å². The van der Waals surface area contributed by atoms with Gasteiger partial charge in [-0.1, -0.05) is 24.4 Å². The minimum atomic E-state index is -0.180. The zero-order valence-electron chi connectivity index (χ0n) is 11.2. The van der Waals surface area contributed by atoms with Crippen molar-refractivity contribution in [1.82, 2.24) is 0 Å². The Hall–Kier alpha value is -1.44. The molecular formula is C14H13BrN2O2S2. The predicted molar refractivity (Wildman–Crippen MR) is 93.4 cm³/mol. The highest BCUT2D eigenvalue weighted by molar-refractivity contribution is 9.11. The lowest BCUT2D eigenvalue weighted by molar-refractivity contribution is 0.103. The average Bonchev–Trinajstić information content (AvgIpc) is 2.78. The van der Waals surface area contributed by atoms with Crippen molar-refractivity contribution in [3.8, 4) is 5.75 Å². The molecule has 1 heterocycles. The number of amides is 1. The summed E-state index contributed by atoms with van der Waals surface area (Å²) in [5, 5.41) is 2.83. The van der Waals surface area contributed by atoms with Crippen LogP contribution in [0.1, 0.15) is 15.2 Å². The van der Waals surface area contributed by atoms with E-state index < -0.39 is 0 Å². The number of thiophene rings is 1. The Morgan fingerprint density at radius 1 is 1.48 bits per heavy atom. The van der Waals surface area contributed by atoms with E-state index in [4.69, 9.17) is 22.7 Å². The van der Waals surface area contributed by atoms with Gasteiger partial charge in [0.05, 0.1) is 14.4 Å². The summed E-state index contributed by atoms with van der Waals surface area (Å²) in [6.07, 6.45) is 0. The normalized spacial score (nSPS) is 10.2. The molecule has 0 aliphatic rings. The standard InChI is InChI=1S/C14H13BrN2O2S2/c1-8-6-11(21-13(8)15)14(18)17-9-4-2-3-5-10(9)19-7-12(16)20/h2-6H,7H2,1H3,(H2,16,20)(H,17,18). The number of halogens is 1. The molecule has 0 atom stereocenters. The molecule has 0 saturated carbocycles. The fourth-order valence-electron chi connectivity index (χ4n) is 1.60. The fourth-order valence-corrected chi connectivity index (χ4v) is 3.09. The highest BCUT2D eigenvalue weighted by Gasteiger charge is 2.13. The minimum Gasteiger partial charge on any atom is -0.484 e. The minimum absolute atomic E-state index is 0.131. The van der Waals surface area contributed by atoms with E-state index in [1.54, 1.807) is 12.1 Å².